The molecule has 3 aliphatic heterocycles. The fourth-order valence-electron chi connectivity index (χ4n) is 6.52. The quantitative estimate of drug-likeness (QED) is 0.524. The summed E-state index contributed by atoms with van der Waals surface area (Å²) >= 11 is 6.00. The Hall–Kier alpha value is -2.16. The summed E-state index contributed by atoms with van der Waals surface area (Å²) in [6.45, 7) is 9.43. The van der Waals surface area contributed by atoms with Crippen molar-refractivity contribution < 1.29 is 29.0 Å². The number of carbonyl (C=O) groups excluding carboxylic acids is 3. The lowest BCUT2D eigenvalue weighted by Crippen LogP contribution is -2.56. The lowest BCUT2D eigenvalue weighted by molar-refractivity contribution is -0.162. The van der Waals surface area contributed by atoms with Gasteiger partial charge in [-0.2, -0.15) is 0 Å². The van der Waals surface area contributed by atoms with Crippen molar-refractivity contribution in [2.24, 2.45) is 23.7 Å². The van der Waals surface area contributed by atoms with Crippen LogP contribution in [0.15, 0.2) is 24.3 Å². The van der Waals surface area contributed by atoms with Gasteiger partial charge in [-0.3, -0.25) is 14.4 Å². The molecule has 3 heterocycles. The molecule has 0 aromatic heterocycles. The molecule has 2 N–H and O–H groups in total. The maximum Gasteiger partial charge on any atom is 0.312 e. The Morgan fingerprint density at radius 2 is 1.97 bits per heavy atom. The number of aliphatic hydroxyl groups is 1. The number of halogens is 1. The van der Waals surface area contributed by atoms with Crippen LogP contribution < -0.4 is 5.32 Å². The number of esters is 1. The average molecular weight is 507 g/mol. The van der Waals surface area contributed by atoms with Gasteiger partial charge in [0, 0.05) is 10.7 Å². The third-order valence-corrected chi connectivity index (χ3v) is 8.25. The second-order valence-corrected chi connectivity index (χ2v) is 11.1. The molecule has 3 fully saturated rings. The van der Waals surface area contributed by atoms with Crippen molar-refractivity contribution in [1.29, 1.82) is 0 Å². The molecule has 4 rings (SSSR count). The summed E-state index contributed by atoms with van der Waals surface area (Å²) in [5.74, 6) is -2.82. The predicted octanol–water partition coefficient (Wildman–Crippen LogP) is 3.26. The molecule has 8 nitrogen and oxygen atoms in total. The van der Waals surface area contributed by atoms with E-state index in [1.54, 1.807) is 31.2 Å². The second-order valence-electron chi connectivity index (χ2n) is 10.7. The molecule has 9 heteroatoms. The number of benzene rings is 1. The van der Waals surface area contributed by atoms with Gasteiger partial charge in [0.2, 0.25) is 11.8 Å². The van der Waals surface area contributed by atoms with E-state index in [4.69, 9.17) is 21.1 Å². The Balaban J connectivity index is 1.80. The first-order chi connectivity index (χ1) is 16.5. The Labute approximate surface area is 211 Å². The summed E-state index contributed by atoms with van der Waals surface area (Å²) in [5.41, 5.74) is -1.59. The highest BCUT2D eigenvalue weighted by atomic mass is 35.5. The summed E-state index contributed by atoms with van der Waals surface area (Å²) in [6, 6.07) is 5.12. The number of aliphatic hydroxyl groups excluding tert-OH is 1. The molecule has 1 aromatic rings. The number of carbonyl (C=O) groups is 3. The van der Waals surface area contributed by atoms with Crippen LogP contribution in [0, 0.1) is 23.7 Å². The molecular formula is C26H35ClN2O6. The summed E-state index contributed by atoms with van der Waals surface area (Å²) in [6.07, 6.45) is 0.956. The smallest absolute Gasteiger partial charge is 0.312 e. The summed E-state index contributed by atoms with van der Waals surface area (Å²) in [7, 11) is 0. The second kappa shape index (κ2) is 9.37. The number of hydrogen-bond acceptors (Lipinski definition) is 6. The topological polar surface area (TPSA) is 105 Å². The van der Waals surface area contributed by atoms with E-state index in [0.29, 0.717) is 23.6 Å². The Morgan fingerprint density at radius 3 is 2.54 bits per heavy atom. The monoisotopic (exact) mass is 506 g/mol. The van der Waals surface area contributed by atoms with E-state index in [2.05, 4.69) is 5.32 Å². The fraction of sp³-hybridized carbons (Fsp3) is 0.654. The van der Waals surface area contributed by atoms with Crippen molar-refractivity contribution in [3.8, 4) is 0 Å². The van der Waals surface area contributed by atoms with E-state index >= 15 is 0 Å². The maximum atomic E-state index is 14.1. The fourth-order valence-corrected chi connectivity index (χ4v) is 6.65. The molecule has 3 unspecified atom stereocenters. The van der Waals surface area contributed by atoms with Gasteiger partial charge in [-0.15, -0.1) is 0 Å². The minimum atomic E-state index is -1.19. The number of fused-ring (bicyclic) bond motifs is 1. The van der Waals surface area contributed by atoms with Crippen molar-refractivity contribution in [2.45, 2.75) is 70.7 Å². The zero-order chi connectivity index (χ0) is 25.7. The zero-order valence-corrected chi connectivity index (χ0v) is 21.7. The Morgan fingerprint density at radius 1 is 1.31 bits per heavy atom. The van der Waals surface area contributed by atoms with Gasteiger partial charge >= 0.3 is 5.97 Å². The van der Waals surface area contributed by atoms with Crippen molar-refractivity contribution in [3.05, 3.63) is 29.3 Å². The molecule has 192 valence electrons. The number of hydrogen-bond donors (Lipinski definition) is 2. The molecular weight excluding hydrogens is 472 g/mol. The number of amides is 2. The van der Waals surface area contributed by atoms with Gasteiger partial charge in [0.1, 0.15) is 17.6 Å². The van der Waals surface area contributed by atoms with Gasteiger partial charge in [-0.05, 0) is 62.8 Å². The number of ether oxygens (including phenoxy) is 2. The normalized spacial score (nSPS) is 34.3. The molecule has 1 aromatic carbocycles. The van der Waals surface area contributed by atoms with Crippen molar-refractivity contribution in [1.82, 2.24) is 4.90 Å². The van der Waals surface area contributed by atoms with Crippen LogP contribution in [0.5, 0.6) is 0 Å². The van der Waals surface area contributed by atoms with Crippen LogP contribution in [0.1, 0.15) is 47.5 Å². The van der Waals surface area contributed by atoms with Crippen molar-refractivity contribution in [3.63, 3.8) is 0 Å². The van der Waals surface area contributed by atoms with Gasteiger partial charge < -0.3 is 24.8 Å². The van der Waals surface area contributed by atoms with Crippen LogP contribution in [0.4, 0.5) is 5.69 Å². The van der Waals surface area contributed by atoms with Gasteiger partial charge in [-0.1, -0.05) is 32.4 Å². The van der Waals surface area contributed by atoms with Crippen molar-refractivity contribution >= 4 is 35.1 Å². The minimum absolute atomic E-state index is 0.0792. The molecule has 35 heavy (non-hydrogen) atoms. The SMILES string of the molecule is CCOC(=O)[C@@H]1[C@H]2C(=O)N([C@@H](CO)CC(C)C)C(C(=O)Nc3ccc(Cl)cc3)C23CC(C)[C@@]1(C)O3. The number of likely N-dealkylation sites (tertiary alicyclic amines) is 1. The van der Waals surface area contributed by atoms with Gasteiger partial charge in [0.05, 0.1) is 30.8 Å². The molecule has 0 radical (unpaired) electrons. The molecule has 3 aliphatic rings. The molecule has 0 aliphatic carbocycles. The maximum absolute atomic E-state index is 14.1. The minimum Gasteiger partial charge on any atom is -0.466 e. The summed E-state index contributed by atoms with van der Waals surface area (Å²) in [4.78, 5) is 42.6. The van der Waals surface area contributed by atoms with E-state index in [1.807, 2.05) is 27.7 Å². The lowest BCUT2D eigenvalue weighted by atomic mass is 9.62. The van der Waals surface area contributed by atoms with Gasteiger partial charge in [0.15, 0.2) is 0 Å². The van der Waals surface area contributed by atoms with Crippen molar-refractivity contribution in [2.75, 3.05) is 18.5 Å². The standard InChI is InChI=1S/C26H35ClN2O6/c1-6-34-24(33)20-19-23(32)29(18(13-30)11-14(2)3)21(26(19)12-15(4)25(20,5)35-26)22(31)28-17-9-7-16(27)8-10-17/h7-10,14-15,18-21,30H,6,11-13H2,1-5H3,(H,28,31)/t15?,18-,19+,20+,21?,25-,26?/m1/s1. The predicted molar refractivity (Wildman–Crippen MR) is 131 cm³/mol. The molecule has 7 atom stereocenters. The van der Waals surface area contributed by atoms with Crippen LogP contribution in [-0.2, 0) is 23.9 Å². The summed E-state index contributed by atoms with van der Waals surface area (Å²) < 4.78 is 12.0. The molecule has 3 saturated heterocycles. The largest absolute Gasteiger partial charge is 0.466 e. The third-order valence-electron chi connectivity index (χ3n) is 8.00. The van der Waals surface area contributed by atoms with Crippen LogP contribution in [0.3, 0.4) is 0 Å². The Bertz CT molecular complexity index is 1000. The summed E-state index contributed by atoms with van der Waals surface area (Å²) in [5, 5.41) is 13.7. The Kier molecular flexibility index (Phi) is 6.94. The van der Waals surface area contributed by atoms with E-state index in [-0.39, 0.29) is 31.0 Å². The molecule has 2 bridgehead atoms. The van der Waals surface area contributed by atoms with Crippen LogP contribution in [-0.4, -0.2) is 64.3 Å². The number of nitrogens with one attached hydrogen (secondary N) is 1. The third kappa shape index (κ3) is 4.03. The number of rotatable bonds is 8. The van der Waals surface area contributed by atoms with Crippen LogP contribution >= 0.6 is 11.6 Å². The highest BCUT2D eigenvalue weighted by Gasteiger charge is 2.80. The molecule has 2 amide bonds. The number of nitrogens with zero attached hydrogens (tertiary/aromatic N) is 1. The highest BCUT2D eigenvalue weighted by Crippen LogP contribution is 2.65. The van der Waals surface area contributed by atoms with Crippen LogP contribution in [0.25, 0.3) is 0 Å². The molecule has 1 spiro atoms. The highest BCUT2D eigenvalue weighted by molar-refractivity contribution is 6.30. The van der Waals surface area contributed by atoms with Gasteiger partial charge in [0.25, 0.3) is 0 Å². The zero-order valence-electron chi connectivity index (χ0n) is 20.9. The van der Waals surface area contributed by atoms with Gasteiger partial charge in [-0.25, -0.2) is 0 Å². The van der Waals surface area contributed by atoms with E-state index in [0.717, 1.165) is 0 Å². The lowest BCUT2D eigenvalue weighted by Gasteiger charge is -2.37. The first kappa shape index (κ1) is 25.9. The van der Waals surface area contributed by atoms with E-state index in [1.165, 1.54) is 4.90 Å². The van der Waals surface area contributed by atoms with E-state index < -0.39 is 47.0 Å². The first-order valence-electron chi connectivity index (χ1n) is 12.4. The number of anilines is 1. The van der Waals surface area contributed by atoms with E-state index in [9.17, 15) is 19.5 Å². The first-order valence-corrected chi connectivity index (χ1v) is 12.7. The molecule has 0 saturated carbocycles. The van der Waals surface area contributed by atoms with Crippen LogP contribution in [0.2, 0.25) is 5.02 Å². The average Bonchev–Trinajstić information content (AvgIpc) is 3.30.